The van der Waals surface area contributed by atoms with Crippen molar-refractivity contribution in [2.75, 3.05) is 18.4 Å². The molecule has 6 nitrogen and oxygen atoms in total. The summed E-state index contributed by atoms with van der Waals surface area (Å²) in [6.45, 7) is 3.50. The number of rotatable bonds is 4. The zero-order chi connectivity index (χ0) is 19.5. The molecule has 3 aromatic rings. The second kappa shape index (κ2) is 7.68. The molecule has 0 spiro atoms. The van der Waals surface area contributed by atoms with Crippen LogP contribution in [0, 0.1) is 6.92 Å². The van der Waals surface area contributed by atoms with Gasteiger partial charge in [0.15, 0.2) is 5.76 Å². The van der Waals surface area contributed by atoms with Crippen LogP contribution in [-0.2, 0) is 0 Å². The Labute approximate surface area is 163 Å². The summed E-state index contributed by atoms with van der Waals surface area (Å²) in [6, 6.07) is 14.7. The average Bonchev–Trinajstić information content (AvgIpc) is 3.41. The Balaban J connectivity index is 1.53. The molecule has 0 bridgehead atoms. The topological polar surface area (TPSA) is 75.4 Å². The molecule has 1 aliphatic rings. The fraction of sp³-hybridized carbons (Fsp3) is 0.227. The van der Waals surface area contributed by atoms with E-state index >= 15 is 0 Å². The van der Waals surface area contributed by atoms with Crippen LogP contribution in [0.5, 0.6) is 0 Å². The van der Waals surface area contributed by atoms with Crippen LogP contribution in [0.1, 0.15) is 39.1 Å². The third kappa shape index (κ3) is 3.53. The average molecular weight is 375 g/mol. The molecular weight excluding hydrogens is 354 g/mol. The third-order valence-electron chi connectivity index (χ3n) is 4.97. The van der Waals surface area contributed by atoms with E-state index < -0.39 is 0 Å². The number of hydrogen-bond acceptors (Lipinski definition) is 4. The molecule has 2 aromatic carbocycles. The molecule has 2 heterocycles. The molecule has 142 valence electrons. The molecule has 0 saturated carbocycles. The van der Waals surface area contributed by atoms with Gasteiger partial charge in [0.05, 0.1) is 6.20 Å². The lowest BCUT2D eigenvalue weighted by Crippen LogP contribution is -2.27. The number of amides is 2. The number of benzene rings is 2. The molecule has 4 rings (SSSR count). The van der Waals surface area contributed by atoms with Crippen LogP contribution in [0.2, 0.25) is 0 Å². The number of aryl methyl sites for hydroxylation is 1. The van der Waals surface area contributed by atoms with E-state index in [-0.39, 0.29) is 11.8 Å². The molecule has 0 atom stereocenters. The summed E-state index contributed by atoms with van der Waals surface area (Å²) < 4.78 is 5.29. The van der Waals surface area contributed by atoms with Crippen LogP contribution in [-0.4, -0.2) is 35.0 Å². The standard InChI is InChI=1S/C22H21N3O3/c1-15-13-17(22(27)25-11-5-6-12-25)9-10-19(15)24-21(26)18-14-23-28-20(18)16-7-3-2-4-8-16/h2-4,7-10,13-14H,5-6,11-12H2,1H3,(H,24,26). The van der Waals surface area contributed by atoms with Crippen LogP contribution >= 0.6 is 0 Å². The largest absolute Gasteiger partial charge is 0.355 e. The summed E-state index contributed by atoms with van der Waals surface area (Å²) in [6.07, 6.45) is 3.53. The van der Waals surface area contributed by atoms with Crippen LogP contribution < -0.4 is 5.32 Å². The second-order valence-electron chi connectivity index (χ2n) is 6.92. The minimum absolute atomic E-state index is 0.0453. The van der Waals surface area contributed by atoms with Gasteiger partial charge in [0.1, 0.15) is 5.56 Å². The number of nitrogens with one attached hydrogen (secondary N) is 1. The molecule has 1 aliphatic heterocycles. The van der Waals surface area contributed by atoms with Crippen molar-refractivity contribution >= 4 is 17.5 Å². The zero-order valence-electron chi connectivity index (χ0n) is 15.6. The number of carbonyl (C=O) groups is 2. The maximum atomic E-state index is 12.8. The number of aromatic nitrogens is 1. The van der Waals surface area contributed by atoms with E-state index in [2.05, 4.69) is 10.5 Å². The first-order valence-corrected chi connectivity index (χ1v) is 9.35. The van der Waals surface area contributed by atoms with Gasteiger partial charge in [-0.05, 0) is 43.5 Å². The SMILES string of the molecule is Cc1cc(C(=O)N2CCCC2)ccc1NC(=O)c1cnoc1-c1ccccc1. The number of nitrogens with zero attached hydrogens (tertiary/aromatic N) is 2. The molecule has 1 saturated heterocycles. The van der Waals surface area contributed by atoms with E-state index in [0.717, 1.165) is 37.1 Å². The highest BCUT2D eigenvalue weighted by molar-refractivity contribution is 6.08. The highest BCUT2D eigenvalue weighted by Gasteiger charge is 2.21. The molecule has 28 heavy (non-hydrogen) atoms. The van der Waals surface area contributed by atoms with Gasteiger partial charge in [-0.2, -0.15) is 0 Å². The Hall–Kier alpha value is -3.41. The van der Waals surface area contributed by atoms with Crippen molar-refractivity contribution < 1.29 is 14.1 Å². The number of anilines is 1. The van der Waals surface area contributed by atoms with E-state index in [1.807, 2.05) is 48.2 Å². The lowest BCUT2D eigenvalue weighted by molar-refractivity contribution is 0.0792. The number of likely N-dealkylation sites (tertiary alicyclic amines) is 1. The zero-order valence-corrected chi connectivity index (χ0v) is 15.6. The van der Waals surface area contributed by atoms with Crippen LogP contribution in [0.3, 0.4) is 0 Å². The van der Waals surface area contributed by atoms with Crippen LogP contribution in [0.15, 0.2) is 59.3 Å². The number of hydrogen-bond donors (Lipinski definition) is 1. The fourth-order valence-corrected chi connectivity index (χ4v) is 3.43. The molecular formula is C22H21N3O3. The molecule has 1 N–H and O–H groups in total. The van der Waals surface area contributed by atoms with E-state index in [9.17, 15) is 9.59 Å². The quantitative estimate of drug-likeness (QED) is 0.744. The Morgan fingerprint density at radius 1 is 1.07 bits per heavy atom. The number of carbonyl (C=O) groups excluding carboxylic acids is 2. The van der Waals surface area contributed by atoms with Gasteiger partial charge in [0.25, 0.3) is 11.8 Å². The Kier molecular flexibility index (Phi) is 4.93. The van der Waals surface area contributed by atoms with Crippen molar-refractivity contribution in [3.63, 3.8) is 0 Å². The van der Waals surface area contributed by atoms with Gasteiger partial charge in [0.2, 0.25) is 0 Å². The normalized spacial score (nSPS) is 13.5. The summed E-state index contributed by atoms with van der Waals surface area (Å²) in [5, 5.41) is 6.67. The van der Waals surface area contributed by atoms with Crippen LogP contribution in [0.25, 0.3) is 11.3 Å². The van der Waals surface area contributed by atoms with Crippen molar-refractivity contribution in [1.82, 2.24) is 10.1 Å². The molecule has 0 radical (unpaired) electrons. The Morgan fingerprint density at radius 2 is 1.82 bits per heavy atom. The van der Waals surface area contributed by atoms with E-state index in [4.69, 9.17) is 4.52 Å². The Morgan fingerprint density at radius 3 is 2.54 bits per heavy atom. The summed E-state index contributed by atoms with van der Waals surface area (Å²) in [4.78, 5) is 27.2. The van der Waals surface area contributed by atoms with Gasteiger partial charge < -0.3 is 14.7 Å². The van der Waals surface area contributed by atoms with Crippen LogP contribution in [0.4, 0.5) is 5.69 Å². The van der Waals surface area contributed by atoms with Crippen molar-refractivity contribution in [2.24, 2.45) is 0 Å². The first-order chi connectivity index (χ1) is 13.6. The van der Waals surface area contributed by atoms with Gasteiger partial charge in [-0.15, -0.1) is 0 Å². The van der Waals surface area contributed by atoms with Gasteiger partial charge in [-0.3, -0.25) is 9.59 Å². The first kappa shape index (κ1) is 18.0. The first-order valence-electron chi connectivity index (χ1n) is 9.35. The molecule has 1 fully saturated rings. The van der Waals surface area contributed by atoms with Crippen molar-refractivity contribution in [3.05, 3.63) is 71.4 Å². The van der Waals surface area contributed by atoms with E-state index in [0.29, 0.717) is 22.6 Å². The van der Waals surface area contributed by atoms with Gasteiger partial charge in [0, 0.05) is 29.9 Å². The summed E-state index contributed by atoms with van der Waals surface area (Å²) in [5.41, 5.74) is 3.28. The van der Waals surface area contributed by atoms with Crippen molar-refractivity contribution in [2.45, 2.75) is 19.8 Å². The Bertz CT molecular complexity index is 1000. The monoisotopic (exact) mass is 375 g/mol. The summed E-state index contributed by atoms with van der Waals surface area (Å²) in [7, 11) is 0. The maximum Gasteiger partial charge on any atom is 0.261 e. The minimum Gasteiger partial charge on any atom is -0.355 e. The van der Waals surface area contributed by atoms with Crippen molar-refractivity contribution in [3.8, 4) is 11.3 Å². The van der Waals surface area contributed by atoms with Crippen molar-refractivity contribution in [1.29, 1.82) is 0 Å². The molecule has 0 aliphatic carbocycles. The predicted molar refractivity (Wildman–Crippen MR) is 106 cm³/mol. The minimum atomic E-state index is -0.304. The summed E-state index contributed by atoms with van der Waals surface area (Å²) in [5.74, 6) is 0.169. The predicted octanol–water partition coefficient (Wildman–Crippen LogP) is 4.14. The van der Waals surface area contributed by atoms with E-state index in [1.54, 1.807) is 12.1 Å². The van der Waals surface area contributed by atoms with Gasteiger partial charge >= 0.3 is 0 Å². The van der Waals surface area contributed by atoms with Gasteiger partial charge in [-0.1, -0.05) is 35.5 Å². The molecule has 6 heteroatoms. The second-order valence-corrected chi connectivity index (χ2v) is 6.92. The molecule has 2 amide bonds. The fourth-order valence-electron chi connectivity index (χ4n) is 3.43. The third-order valence-corrected chi connectivity index (χ3v) is 4.97. The maximum absolute atomic E-state index is 12.8. The highest BCUT2D eigenvalue weighted by atomic mass is 16.5. The lowest BCUT2D eigenvalue weighted by Gasteiger charge is -2.16. The molecule has 0 unspecified atom stereocenters. The highest BCUT2D eigenvalue weighted by Crippen LogP contribution is 2.25. The lowest BCUT2D eigenvalue weighted by atomic mass is 10.1. The summed E-state index contributed by atoms with van der Waals surface area (Å²) >= 11 is 0. The molecule has 1 aromatic heterocycles. The van der Waals surface area contributed by atoms with E-state index in [1.165, 1.54) is 6.20 Å². The van der Waals surface area contributed by atoms with Gasteiger partial charge in [-0.25, -0.2) is 0 Å². The smallest absolute Gasteiger partial charge is 0.261 e.